The molecule has 2 aromatic heterocycles. The topological polar surface area (TPSA) is 88.8 Å². The summed E-state index contributed by atoms with van der Waals surface area (Å²) in [5.41, 5.74) is 7.01. The fraction of sp³-hybridized carbons (Fsp3) is 0. The zero-order valence-electron chi connectivity index (χ0n) is 12.1. The Morgan fingerprint density at radius 3 is 2.42 bits per heavy atom. The van der Waals surface area contributed by atoms with Gasteiger partial charge in [-0.25, -0.2) is 23.7 Å². The van der Waals surface area contributed by atoms with Crippen LogP contribution in [0.1, 0.15) is 0 Å². The van der Waals surface area contributed by atoms with E-state index >= 15 is 0 Å². The van der Waals surface area contributed by atoms with Gasteiger partial charge < -0.3 is 16.4 Å². The first-order valence-corrected chi connectivity index (χ1v) is 7.12. The molecule has 0 saturated heterocycles. The van der Waals surface area contributed by atoms with Crippen LogP contribution in [0.4, 0.5) is 37.5 Å². The molecule has 0 atom stereocenters. The number of nitrogens with one attached hydrogen (secondary N) is 2. The molecule has 0 amide bonds. The third-order valence-corrected chi connectivity index (χ3v) is 3.38. The highest BCUT2D eigenvalue weighted by Crippen LogP contribution is 2.30. The number of nitrogen functional groups attached to an aromatic ring is 1. The lowest BCUT2D eigenvalue weighted by Crippen LogP contribution is -2.05. The van der Waals surface area contributed by atoms with Gasteiger partial charge in [0.25, 0.3) is 0 Å². The van der Waals surface area contributed by atoms with Crippen LogP contribution in [0.15, 0.2) is 42.9 Å². The van der Waals surface area contributed by atoms with E-state index in [9.17, 15) is 8.78 Å². The average Bonchev–Trinajstić information content (AvgIpc) is 2.57. The summed E-state index contributed by atoms with van der Waals surface area (Å²) in [5, 5.41) is 6.01. The molecular formula is C15H11ClF2N6. The van der Waals surface area contributed by atoms with Gasteiger partial charge in [-0.1, -0.05) is 11.6 Å². The number of rotatable bonds is 4. The first kappa shape index (κ1) is 15.9. The molecular weight excluding hydrogens is 338 g/mol. The summed E-state index contributed by atoms with van der Waals surface area (Å²) in [4.78, 5) is 12.0. The van der Waals surface area contributed by atoms with E-state index in [1.54, 1.807) is 18.3 Å². The Hall–Kier alpha value is -3.00. The van der Waals surface area contributed by atoms with E-state index < -0.39 is 11.6 Å². The average molecular weight is 349 g/mol. The van der Waals surface area contributed by atoms with Crippen LogP contribution >= 0.6 is 11.6 Å². The quantitative estimate of drug-likeness (QED) is 0.620. The summed E-state index contributed by atoms with van der Waals surface area (Å²) < 4.78 is 26.3. The van der Waals surface area contributed by atoms with Crippen LogP contribution in [0.5, 0.6) is 0 Å². The fourth-order valence-electron chi connectivity index (χ4n) is 1.91. The molecule has 0 aliphatic heterocycles. The molecule has 9 heteroatoms. The van der Waals surface area contributed by atoms with Crippen LogP contribution in [0.2, 0.25) is 5.15 Å². The van der Waals surface area contributed by atoms with E-state index in [0.29, 0.717) is 17.2 Å². The third kappa shape index (κ3) is 3.33. The molecule has 0 radical (unpaired) electrons. The number of aromatic nitrogens is 3. The summed E-state index contributed by atoms with van der Waals surface area (Å²) in [6.07, 6.45) is 2.82. The number of hydrogen-bond donors (Lipinski definition) is 3. The van der Waals surface area contributed by atoms with Gasteiger partial charge in [-0.05, 0) is 24.3 Å². The SMILES string of the molecule is Nc1c(Nc2ccc(F)c(F)c2)ncnc1Nc1cccnc1Cl. The minimum Gasteiger partial charge on any atom is -0.393 e. The number of anilines is 5. The summed E-state index contributed by atoms with van der Waals surface area (Å²) in [6, 6.07) is 6.78. The van der Waals surface area contributed by atoms with Crippen molar-refractivity contribution in [2.45, 2.75) is 0 Å². The first-order chi connectivity index (χ1) is 11.5. The zero-order valence-corrected chi connectivity index (χ0v) is 12.9. The van der Waals surface area contributed by atoms with Crippen LogP contribution in [0.3, 0.4) is 0 Å². The van der Waals surface area contributed by atoms with Gasteiger partial charge in [0.05, 0.1) is 5.69 Å². The highest BCUT2D eigenvalue weighted by molar-refractivity contribution is 6.32. The van der Waals surface area contributed by atoms with Crippen LogP contribution < -0.4 is 16.4 Å². The number of hydrogen-bond acceptors (Lipinski definition) is 6. The first-order valence-electron chi connectivity index (χ1n) is 6.74. The van der Waals surface area contributed by atoms with Crippen LogP contribution in [-0.4, -0.2) is 15.0 Å². The lowest BCUT2D eigenvalue weighted by atomic mass is 10.3. The lowest BCUT2D eigenvalue weighted by Gasteiger charge is -2.13. The van der Waals surface area contributed by atoms with E-state index in [-0.39, 0.29) is 16.7 Å². The molecule has 0 aliphatic carbocycles. The summed E-state index contributed by atoms with van der Waals surface area (Å²) >= 11 is 5.98. The Balaban J connectivity index is 1.88. The van der Waals surface area contributed by atoms with Gasteiger partial charge >= 0.3 is 0 Å². The van der Waals surface area contributed by atoms with Crippen LogP contribution in [-0.2, 0) is 0 Å². The minimum absolute atomic E-state index is 0.183. The van der Waals surface area contributed by atoms with Gasteiger partial charge in [0, 0.05) is 18.0 Å². The van der Waals surface area contributed by atoms with Crippen molar-refractivity contribution in [3.63, 3.8) is 0 Å². The second-order valence-electron chi connectivity index (χ2n) is 4.71. The smallest absolute Gasteiger partial charge is 0.160 e. The van der Waals surface area contributed by atoms with E-state index in [1.807, 2.05) is 0 Å². The van der Waals surface area contributed by atoms with E-state index in [0.717, 1.165) is 12.1 Å². The van der Waals surface area contributed by atoms with Crippen LogP contribution in [0.25, 0.3) is 0 Å². The second kappa shape index (κ2) is 6.63. The molecule has 0 saturated carbocycles. The molecule has 3 aromatic rings. The molecule has 0 spiro atoms. The second-order valence-corrected chi connectivity index (χ2v) is 5.06. The molecule has 0 unspecified atom stereocenters. The maximum Gasteiger partial charge on any atom is 0.160 e. The molecule has 0 bridgehead atoms. The van der Waals surface area contributed by atoms with Gasteiger partial charge in [-0.2, -0.15) is 0 Å². The number of nitrogens with two attached hydrogens (primary N) is 1. The minimum atomic E-state index is -0.979. The Morgan fingerprint density at radius 2 is 1.71 bits per heavy atom. The summed E-state index contributed by atoms with van der Waals surface area (Å²) in [5.74, 6) is -1.39. The Morgan fingerprint density at radius 1 is 0.958 bits per heavy atom. The molecule has 4 N–H and O–H groups in total. The number of benzene rings is 1. The number of pyridine rings is 1. The monoisotopic (exact) mass is 348 g/mol. The summed E-state index contributed by atoms with van der Waals surface area (Å²) in [7, 11) is 0. The van der Waals surface area contributed by atoms with Gasteiger partial charge in [-0.3, -0.25) is 0 Å². The molecule has 2 heterocycles. The van der Waals surface area contributed by atoms with Gasteiger partial charge in [-0.15, -0.1) is 0 Å². The van der Waals surface area contributed by atoms with Crippen molar-refractivity contribution >= 4 is 40.3 Å². The van der Waals surface area contributed by atoms with Crippen molar-refractivity contribution in [2.24, 2.45) is 0 Å². The maximum absolute atomic E-state index is 13.3. The van der Waals surface area contributed by atoms with E-state index in [2.05, 4.69) is 25.6 Å². The molecule has 1 aromatic carbocycles. The van der Waals surface area contributed by atoms with Crippen molar-refractivity contribution in [1.29, 1.82) is 0 Å². The highest BCUT2D eigenvalue weighted by atomic mass is 35.5. The number of halogens is 3. The normalized spacial score (nSPS) is 10.5. The van der Waals surface area contributed by atoms with Gasteiger partial charge in [0.2, 0.25) is 0 Å². The molecule has 0 aliphatic rings. The van der Waals surface area contributed by atoms with Crippen LogP contribution in [0, 0.1) is 11.6 Å². The Kier molecular flexibility index (Phi) is 4.39. The lowest BCUT2D eigenvalue weighted by molar-refractivity contribution is 0.509. The van der Waals surface area contributed by atoms with Crippen molar-refractivity contribution in [3.05, 3.63) is 59.6 Å². The number of nitrogens with zero attached hydrogens (tertiary/aromatic N) is 3. The van der Waals surface area contributed by atoms with E-state index in [1.165, 1.54) is 12.4 Å². The molecule has 3 rings (SSSR count). The molecule has 24 heavy (non-hydrogen) atoms. The predicted molar refractivity (Wildman–Crippen MR) is 88.6 cm³/mol. The van der Waals surface area contributed by atoms with Crippen molar-refractivity contribution in [1.82, 2.24) is 15.0 Å². The van der Waals surface area contributed by atoms with Crippen molar-refractivity contribution in [2.75, 3.05) is 16.4 Å². The standard InChI is InChI=1S/C15H11ClF2N6/c16-13-11(2-1-5-20-13)24-15-12(19)14(21-7-22-15)23-8-3-4-9(17)10(18)6-8/h1-7H,19H2,(H2,21,22,23,24). The predicted octanol–water partition coefficient (Wildman–Crippen LogP) is 3.87. The summed E-state index contributed by atoms with van der Waals surface area (Å²) in [6.45, 7) is 0. The maximum atomic E-state index is 13.3. The highest BCUT2D eigenvalue weighted by Gasteiger charge is 2.11. The largest absolute Gasteiger partial charge is 0.393 e. The van der Waals surface area contributed by atoms with Gasteiger partial charge in [0.1, 0.15) is 12.0 Å². The van der Waals surface area contributed by atoms with E-state index in [4.69, 9.17) is 17.3 Å². The Bertz CT molecular complexity index is 890. The zero-order chi connectivity index (χ0) is 17.1. The Labute approximate surface area is 140 Å². The fourth-order valence-corrected chi connectivity index (χ4v) is 2.08. The molecule has 0 fully saturated rings. The molecule has 6 nitrogen and oxygen atoms in total. The van der Waals surface area contributed by atoms with Crippen molar-refractivity contribution < 1.29 is 8.78 Å². The van der Waals surface area contributed by atoms with Crippen molar-refractivity contribution in [3.8, 4) is 0 Å². The molecule has 122 valence electrons. The van der Waals surface area contributed by atoms with Gasteiger partial charge in [0.15, 0.2) is 28.4 Å². The third-order valence-electron chi connectivity index (χ3n) is 3.08.